The Morgan fingerprint density at radius 2 is 2.14 bits per heavy atom. The predicted molar refractivity (Wildman–Crippen MR) is 74.5 cm³/mol. The fraction of sp³-hybridized carbons (Fsp3) is 0.533. The van der Waals surface area contributed by atoms with Crippen LogP contribution in [0.1, 0.15) is 25.6 Å². The molecule has 21 heavy (non-hydrogen) atoms. The summed E-state index contributed by atoms with van der Waals surface area (Å²) in [5.74, 6) is -1.45. The summed E-state index contributed by atoms with van der Waals surface area (Å²) < 4.78 is 31.8. The number of carbonyl (C=O) groups is 1. The summed E-state index contributed by atoms with van der Waals surface area (Å²) >= 11 is 0. The Hall–Kier alpha value is -1.53. The van der Waals surface area contributed by atoms with Gasteiger partial charge < -0.3 is 9.64 Å². The minimum Gasteiger partial charge on any atom is -0.379 e. The Labute approximate surface area is 123 Å². The summed E-state index contributed by atoms with van der Waals surface area (Å²) in [6.45, 7) is 5.76. The topological polar surface area (TPSA) is 41.6 Å². The maximum absolute atomic E-state index is 13.3. The van der Waals surface area contributed by atoms with Crippen LogP contribution in [0.5, 0.6) is 0 Å². The van der Waals surface area contributed by atoms with Crippen LogP contribution >= 0.6 is 0 Å². The van der Waals surface area contributed by atoms with E-state index in [1.165, 1.54) is 6.07 Å². The van der Waals surface area contributed by atoms with Gasteiger partial charge in [0.15, 0.2) is 11.6 Å². The normalized spacial score (nSPS) is 18.8. The second kappa shape index (κ2) is 6.95. The van der Waals surface area contributed by atoms with Gasteiger partial charge in [-0.3, -0.25) is 10.1 Å². The fourth-order valence-corrected chi connectivity index (χ4v) is 2.26. The van der Waals surface area contributed by atoms with Gasteiger partial charge >= 0.3 is 0 Å². The molecular formula is C15H20F2N2O2. The zero-order valence-electron chi connectivity index (χ0n) is 12.2. The highest BCUT2D eigenvalue weighted by Crippen LogP contribution is 2.23. The predicted octanol–water partition coefficient (Wildman–Crippen LogP) is 2.07. The molecule has 1 heterocycles. The Bertz CT molecular complexity index is 508. The zero-order chi connectivity index (χ0) is 15.4. The number of rotatable bonds is 6. The Morgan fingerprint density at radius 1 is 1.38 bits per heavy atom. The molecule has 1 unspecified atom stereocenters. The molecule has 0 spiro atoms. The van der Waals surface area contributed by atoms with E-state index >= 15 is 0 Å². The first-order valence-electron chi connectivity index (χ1n) is 7.04. The monoisotopic (exact) mass is 298 g/mol. The van der Waals surface area contributed by atoms with Gasteiger partial charge in [-0.05, 0) is 23.6 Å². The molecule has 1 atom stereocenters. The van der Waals surface area contributed by atoms with Crippen molar-refractivity contribution in [3.63, 3.8) is 0 Å². The summed E-state index contributed by atoms with van der Waals surface area (Å²) in [7, 11) is 0. The van der Waals surface area contributed by atoms with E-state index in [1.54, 1.807) is 4.90 Å². The third-order valence-corrected chi connectivity index (χ3v) is 3.27. The van der Waals surface area contributed by atoms with Crippen molar-refractivity contribution in [3.8, 4) is 0 Å². The first kappa shape index (κ1) is 15.9. The zero-order valence-corrected chi connectivity index (χ0v) is 12.2. The van der Waals surface area contributed by atoms with E-state index in [0.29, 0.717) is 31.2 Å². The van der Waals surface area contributed by atoms with Gasteiger partial charge in [-0.25, -0.2) is 8.78 Å². The van der Waals surface area contributed by atoms with Crippen molar-refractivity contribution in [2.24, 2.45) is 5.92 Å². The molecule has 0 saturated carbocycles. The number of nitrogens with one attached hydrogen (secondary N) is 1. The molecule has 1 N–H and O–H groups in total. The van der Waals surface area contributed by atoms with E-state index in [9.17, 15) is 13.6 Å². The summed E-state index contributed by atoms with van der Waals surface area (Å²) in [4.78, 5) is 13.5. The molecule has 0 aromatic heterocycles. The lowest BCUT2D eigenvalue weighted by Gasteiger charge is -2.24. The molecule has 1 aromatic carbocycles. The Kier molecular flexibility index (Phi) is 5.25. The van der Waals surface area contributed by atoms with Crippen LogP contribution in [-0.2, 0) is 9.53 Å². The molecule has 4 nitrogen and oxygen atoms in total. The van der Waals surface area contributed by atoms with Crippen LogP contribution in [-0.4, -0.2) is 37.1 Å². The molecule has 0 aliphatic carbocycles. The Balaban J connectivity index is 2.00. The van der Waals surface area contributed by atoms with Crippen LogP contribution in [0.4, 0.5) is 8.78 Å². The van der Waals surface area contributed by atoms with Crippen molar-refractivity contribution in [3.05, 3.63) is 35.4 Å². The molecule has 116 valence electrons. The summed E-state index contributed by atoms with van der Waals surface area (Å²) in [6, 6.07) is 3.67. The number of amides is 1. The van der Waals surface area contributed by atoms with E-state index in [-0.39, 0.29) is 12.5 Å². The van der Waals surface area contributed by atoms with Crippen LogP contribution in [0.25, 0.3) is 0 Å². The third kappa shape index (κ3) is 3.98. The lowest BCUT2D eigenvalue weighted by Crippen LogP contribution is -2.33. The average molecular weight is 298 g/mol. The van der Waals surface area contributed by atoms with Gasteiger partial charge in [-0.15, -0.1) is 0 Å². The van der Waals surface area contributed by atoms with E-state index in [1.807, 2.05) is 13.8 Å². The van der Waals surface area contributed by atoms with Crippen LogP contribution < -0.4 is 5.32 Å². The lowest BCUT2D eigenvalue weighted by molar-refractivity contribution is -0.128. The first-order chi connectivity index (χ1) is 9.99. The number of ether oxygens (including phenoxy) is 1. The summed E-state index contributed by atoms with van der Waals surface area (Å²) in [5, 5.41) is 3.00. The van der Waals surface area contributed by atoms with Crippen LogP contribution in [0.3, 0.4) is 0 Å². The maximum atomic E-state index is 13.3. The molecule has 1 saturated heterocycles. The molecule has 2 rings (SSSR count). The molecule has 1 fully saturated rings. The van der Waals surface area contributed by atoms with Crippen LogP contribution in [0.15, 0.2) is 18.2 Å². The van der Waals surface area contributed by atoms with E-state index < -0.39 is 17.8 Å². The van der Waals surface area contributed by atoms with Gasteiger partial charge in [0.25, 0.3) is 0 Å². The molecule has 6 heteroatoms. The molecule has 1 aliphatic heterocycles. The molecule has 0 bridgehead atoms. The maximum Gasteiger partial charge on any atom is 0.238 e. The number of nitrogens with zero attached hydrogens (tertiary/aromatic N) is 1. The summed E-state index contributed by atoms with van der Waals surface area (Å²) in [6.07, 6.45) is -0.435. The van der Waals surface area contributed by atoms with Gasteiger partial charge in [0.2, 0.25) is 5.91 Å². The number of hydrogen-bond acceptors (Lipinski definition) is 3. The number of halogens is 2. The second-order valence-corrected chi connectivity index (χ2v) is 5.51. The van der Waals surface area contributed by atoms with Gasteiger partial charge in [-0.2, -0.15) is 0 Å². The third-order valence-electron chi connectivity index (χ3n) is 3.27. The first-order valence-corrected chi connectivity index (χ1v) is 7.04. The van der Waals surface area contributed by atoms with Crippen molar-refractivity contribution < 1.29 is 18.3 Å². The van der Waals surface area contributed by atoms with Crippen molar-refractivity contribution in [1.82, 2.24) is 10.2 Å². The van der Waals surface area contributed by atoms with E-state index in [0.717, 1.165) is 12.1 Å². The molecule has 1 aliphatic rings. The standard InChI is InChI=1S/C15H20F2N2O2/c1-10(2)9-21-6-5-19-14(20)8-18-15(19)11-3-4-12(16)13(17)7-11/h3-4,7,10,15,18H,5-6,8-9H2,1-2H3. The smallest absolute Gasteiger partial charge is 0.238 e. The van der Waals surface area contributed by atoms with Crippen molar-refractivity contribution in [1.29, 1.82) is 0 Å². The molecule has 0 radical (unpaired) electrons. The van der Waals surface area contributed by atoms with Crippen molar-refractivity contribution >= 4 is 5.91 Å². The van der Waals surface area contributed by atoms with Gasteiger partial charge in [-0.1, -0.05) is 19.9 Å². The largest absolute Gasteiger partial charge is 0.379 e. The highest BCUT2D eigenvalue weighted by atomic mass is 19.2. The highest BCUT2D eigenvalue weighted by Gasteiger charge is 2.31. The fourth-order valence-electron chi connectivity index (χ4n) is 2.26. The number of hydrogen-bond donors (Lipinski definition) is 1. The highest BCUT2D eigenvalue weighted by molar-refractivity contribution is 5.80. The SMILES string of the molecule is CC(C)COCCN1C(=O)CNC1c1ccc(F)c(F)c1. The molecule has 1 amide bonds. The second-order valence-electron chi connectivity index (χ2n) is 5.51. The van der Waals surface area contributed by atoms with Crippen LogP contribution in [0.2, 0.25) is 0 Å². The molecular weight excluding hydrogens is 278 g/mol. The summed E-state index contributed by atoms with van der Waals surface area (Å²) in [5.41, 5.74) is 0.531. The van der Waals surface area contributed by atoms with Gasteiger partial charge in [0.1, 0.15) is 6.17 Å². The van der Waals surface area contributed by atoms with E-state index in [4.69, 9.17) is 4.74 Å². The average Bonchev–Trinajstić information content (AvgIpc) is 2.79. The van der Waals surface area contributed by atoms with E-state index in [2.05, 4.69) is 5.32 Å². The lowest BCUT2D eigenvalue weighted by atomic mass is 10.1. The van der Waals surface area contributed by atoms with Gasteiger partial charge in [0, 0.05) is 13.2 Å². The minimum absolute atomic E-state index is 0.0714. The number of benzene rings is 1. The quantitative estimate of drug-likeness (QED) is 0.818. The minimum atomic E-state index is -0.912. The molecule has 1 aromatic rings. The van der Waals surface area contributed by atoms with Crippen molar-refractivity contribution in [2.45, 2.75) is 20.0 Å². The van der Waals surface area contributed by atoms with Crippen LogP contribution in [0, 0.1) is 17.6 Å². The van der Waals surface area contributed by atoms with Gasteiger partial charge in [0.05, 0.1) is 13.2 Å². The Morgan fingerprint density at radius 3 is 2.81 bits per heavy atom. The number of carbonyl (C=O) groups excluding carboxylic acids is 1. The van der Waals surface area contributed by atoms with Crippen molar-refractivity contribution in [2.75, 3.05) is 26.3 Å².